The first kappa shape index (κ1) is 16.9. The zero-order valence-corrected chi connectivity index (χ0v) is 14.8. The molecule has 0 bridgehead atoms. The number of amides is 1. The van der Waals surface area contributed by atoms with E-state index >= 15 is 0 Å². The lowest BCUT2D eigenvalue weighted by atomic mass is 9.94. The van der Waals surface area contributed by atoms with E-state index in [1.54, 1.807) is 17.1 Å². The third-order valence-electron chi connectivity index (χ3n) is 4.30. The molecule has 1 saturated heterocycles. The van der Waals surface area contributed by atoms with Crippen molar-refractivity contribution in [3.63, 3.8) is 0 Å². The molecule has 1 aliphatic rings. The fourth-order valence-corrected chi connectivity index (χ4v) is 3.37. The summed E-state index contributed by atoms with van der Waals surface area (Å²) in [6.07, 6.45) is 6.44. The number of rotatable bonds is 4. The van der Waals surface area contributed by atoms with Crippen LogP contribution in [0.25, 0.3) is 0 Å². The Morgan fingerprint density at radius 1 is 1.46 bits per heavy atom. The number of likely N-dealkylation sites (tertiary alicyclic amines) is 1. The van der Waals surface area contributed by atoms with Gasteiger partial charge in [0.05, 0.1) is 5.02 Å². The SMILES string of the molecule is CCCn1cc(Cl)c(C(=O)N2CCC[C@@H](c3ccnc(C)n3)C2)n1. The van der Waals surface area contributed by atoms with Gasteiger partial charge in [0, 0.05) is 43.6 Å². The van der Waals surface area contributed by atoms with E-state index in [9.17, 15) is 4.79 Å². The lowest BCUT2D eigenvalue weighted by Crippen LogP contribution is -2.39. The van der Waals surface area contributed by atoms with Gasteiger partial charge in [0.2, 0.25) is 0 Å². The zero-order valence-electron chi connectivity index (χ0n) is 14.1. The number of carbonyl (C=O) groups is 1. The molecule has 0 radical (unpaired) electrons. The maximum atomic E-state index is 12.8. The van der Waals surface area contributed by atoms with Crippen LogP contribution in [0.5, 0.6) is 0 Å². The standard InChI is InChI=1S/C17H22ClN5O/c1-3-8-23-11-14(18)16(21-23)17(24)22-9-4-5-13(10-22)15-6-7-19-12(2)20-15/h6-7,11,13H,3-5,8-10H2,1-2H3/t13-/m1/s1. The quantitative estimate of drug-likeness (QED) is 0.852. The molecule has 0 unspecified atom stereocenters. The van der Waals surface area contributed by atoms with E-state index in [-0.39, 0.29) is 11.8 Å². The molecule has 2 aromatic rings. The van der Waals surface area contributed by atoms with E-state index in [4.69, 9.17) is 11.6 Å². The van der Waals surface area contributed by atoms with Crippen molar-refractivity contribution in [1.29, 1.82) is 0 Å². The fraction of sp³-hybridized carbons (Fsp3) is 0.529. The Balaban J connectivity index is 1.75. The minimum atomic E-state index is -0.0923. The molecule has 0 N–H and O–H groups in total. The summed E-state index contributed by atoms with van der Waals surface area (Å²) in [6.45, 7) is 6.09. The van der Waals surface area contributed by atoms with Crippen molar-refractivity contribution in [3.05, 3.63) is 40.7 Å². The molecule has 0 spiro atoms. The first-order valence-corrected chi connectivity index (χ1v) is 8.78. The van der Waals surface area contributed by atoms with E-state index < -0.39 is 0 Å². The summed E-state index contributed by atoms with van der Waals surface area (Å²) >= 11 is 6.22. The molecule has 7 heteroatoms. The second-order valence-electron chi connectivity index (χ2n) is 6.21. The molecule has 3 rings (SSSR count). The van der Waals surface area contributed by atoms with Crippen molar-refractivity contribution in [1.82, 2.24) is 24.6 Å². The van der Waals surface area contributed by atoms with Crippen molar-refractivity contribution in [3.8, 4) is 0 Å². The Labute approximate surface area is 146 Å². The van der Waals surface area contributed by atoms with Crippen LogP contribution in [-0.2, 0) is 6.54 Å². The van der Waals surface area contributed by atoms with E-state index in [1.807, 2.05) is 17.9 Å². The van der Waals surface area contributed by atoms with Gasteiger partial charge in [-0.15, -0.1) is 0 Å². The highest BCUT2D eigenvalue weighted by atomic mass is 35.5. The maximum absolute atomic E-state index is 12.8. The number of piperidine rings is 1. The summed E-state index contributed by atoms with van der Waals surface area (Å²) in [5.41, 5.74) is 1.35. The normalized spacial score (nSPS) is 18.0. The van der Waals surface area contributed by atoms with Crippen molar-refractivity contribution in [2.45, 2.75) is 45.6 Å². The summed E-state index contributed by atoms with van der Waals surface area (Å²) in [5, 5.41) is 4.78. The molecule has 0 saturated carbocycles. The molecule has 1 amide bonds. The highest BCUT2D eigenvalue weighted by Crippen LogP contribution is 2.27. The van der Waals surface area contributed by atoms with Gasteiger partial charge in [-0.05, 0) is 32.3 Å². The third-order valence-corrected chi connectivity index (χ3v) is 4.57. The second kappa shape index (κ2) is 7.30. The van der Waals surface area contributed by atoms with Crippen LogP contribution in [0.1, 0.15) is 54.1 Å². The van der Waals surface area contributed by atoms with Gasteiger partial charge >= 0.3 is 0 Å². The summed E-state index contributed by atoms with van der Waals surface area (Å²) in [7, 11) is 0. The topological polar surface area (TPSA) is 63.9 Å². The van der Waals surface area contributed by atoms with Crippen molar-refractivity contribution in [2.24, 2.45) is 0 Å². The van der Waals surface area contributed by atoms with Gasteiger partial charge in [-0.2, -0.15) is 5.10 Å². The molecule has 0 aromatic carbocycles. The van der Waals surface area contributed by atoms with Gasteiger partial charge < -0.3 is 4.90 Å². The molecular formula is C17H22ClN5O. The van der Waals surface area contributed by atoms with Gasteiger partial charge in [0.1, 0.15) is 5.82 Å². The van der Waals surface area contributed by atoms with Gasteiger partial charge in [0.25, 0.3) is 5.91 Å². The number of aryl methyl sites for hydroxylation is 2. The molecule has 3 heterocycles. The number of aromatic nitrogens is 4. The number of hydrogen-bond acceptors (Lipinski definition) is 4. The van der Waals surface area contributed by atoms with Crippen LogP contribution in [0.4, 0.5) is 0 Å². The summed E-state index contributed by atoms with van der Waals surface area (Å²) in [4.78, 5) is 23.3. The summed E-state index contributed by atoms with van der Waals surface area (Å²) in [5.74, 6) is 0.906. The summed E-state index contributed by atoms with van der Waals surface area (Å²) in [6, 6.07) is 1.94. The van der Waals surface area contributed by atoms with Gasteiger partial charge in [-0.25, -0.2) is 9.97 Å². The molecule has 1 atom stereocenters. The van der Waals surface area contributed by atoms with E-state index in [0.717, 1.165) is 43.9 Å². The van der Waals surface area contributed by atoms with Gasteiger partial charge in [-0.3, -0.25) is 9.48 Å². The monoisotopic (exact) mass is 347 g/mol. The smallest absolute Gasteiger partial charge is 0.275 e. The lowest BCUT2D eigenvalue weighted by Gasteiger charge is -2.32. The van der Waals surface area contributed by atoms with Crippen molar-refractivity contribution >= 4 is 17.5 Å². The Morgan fingerprint density at radius 2 is 2.29 bits per heavy atom. The predicted octanol–water partition coefficient (Wildman–Crippen LogP) is 3.06. The van der Waals surface area contributed by atoms with Crippen molar-refractivity contribution in [2.75, 3.05) is 13.1 Å². The number of halogens is 1. The van der Waals surface area contributed by atoms with Crippen LogP contribution in [0.2, 0.25) is 5.02 Å². The van der Waals surface area contributed by atoms with Crippen LogP contribution < -0.4 is 0 Å². The third kappa shape index (κ3) is 3.59. The molecule has 0 aliphatic carbocycles. The molecule has 6 nitrogen and oxygen atoms in total. The highest BCUT2D eigenvalue weighted by Gasteiger charge is 2.29. The zero-order chi connectivity index (χ0) is 17.1. The minimum absolute atomic E-state index is 0.0923. The Morgan fingerprint density at radius 3 is 3.04 bits per heavy atom. The minimum Gasteiger partial charge on any atom is -0.337 e. The van der Waals surface area contributed by atoms with Crippen LogP contribution in [0, 0.1) is 6.92 Å². The molecular weight excluding hydrogens is 326 g/mol. The molecule has 1 fully saturated rings. The average Bonchev–Trinajstić information content (AvgIpc) is 2.95. The Hall–Kier alpha value is -1.95. The van der Waals surface area contributed by atoms with Crippen LogP contribution >= 0.6 is 11.6 Å². The molecule has 1 aliphatic heterocycles. The largest absolute Gasteiger partial charge is 0.337 e. The second-order valence-corrected chi connectivity index (χ2v) is 6.61. The highest BCUT2D eigenvalue weighted by molar-refractivity contribution is 6.33. The Bertz CT molecular complexity index is 730. The maximum Gasteiger partial charge on any atom is 0.275 e. The molecule has 128 valence electrons. The van der Waals surface area contributed by atoms with Crippen LogP contribution in [-0.4, -0.2) is 43.6 Å². The number of carbonyl (C=O) groups excluding carboxylic acids is 1. The van der Waals surface area contributed by atoms with Crippen LogP contribution in [0.15, 0.2) is 18.5 Å². The Kier molecular flexibility index (Phi) is 5.14. The first-order chi connectivity index (χ1) is 11.6. The van der Waals surface area contributed by atoms with Gasteiger partial charge in [-0.1, -0.05) is 18.5 Å². The summed E-state index contributed by atoms with van der Waals surface area (Å²) < 4.78 is 1.74. The van der Waals surface area contributed by atoms with E-state index in [0.29, 0.717) is 17.3 Å². The fourth-order valence-electron chi connectivity index (χ4n) is 3.14. The molecule has 24 heavy (non-hydrogen) atoms. The number of nitrogens with zero attached hydrogens (tertiary/aromatic N) is 5. The lowest BCUT2D eigenvalue weighted by molar-refractivity contribution is 0.0699. The van der Waals surface area contributed by atoms with Gasteiger partial charge in [0.15, 0.2) is 5.69 Å². The van der Waals surface area contributed by atoms with E-state index in [2.05, 4.69) is 22.0 Å². The van der Waals surface area contributed by atoms with E-state index in [1.165, 1.54) is 0 Å². The van der Waals surface area contributed by atoms with Crippen LogP contribution in [0.3, 0.4) is 0 Å². The van der Waals surface area contributed by atoms with Crippen molar-refractivity contribution < 1.29 is 4.79 Å². The predicted molar refractivity (Wildman–Crippen MR) is 92.2 cm³/mol. The first-order valence-electron chi connectivity index (χ1n) is 8.40. The molecule has 2 aromatic heterocycles. The average molecular weight is 348 g/mol. The number of hydrogen-bond donors (Lipinski definition) is 0.